The van der Waals surface area contributed by atoms with Crippen LogP contribution in [0.2, 0.25) is 5.02 Å². The highest BCUT2D eigenvalue weighted by molar-refractivity contribution is 6.32. The van der Waals surface area contributed by atoms with E-state index in [1.54, 1.807) is 18.2 Å². The number of fused-ring (bicyclic) bond motifs is 1. The lowest BCUT2D eigenvalue weighted by Gasteiger charge is -2.14. The largest absolute Gasteiger partial charge is 0.506 e. The number of nitrogens with zero attached hydrogens (tertiary/aromatic N) is 1. The Morgan fingerprint density at radius 2 is 1.96 bits per heavy atom. The second kappa shape index (κ2) is 5.40. The molecule has 1 aromatic heterocycles. The molecule has 3 N–H and O–H groups in total. The minimum atomic E-state index is -0.923. The molecule has 0 bridgehead atoms. The number of pyridine rings is 1. The molecule has 2 aromatic carbocycles. The number of carbonyl (C=O) groups excluding carboxylic acids is 1. The van der Waals surface area contributed by atoms with Crippen LogP contribution in [0.3, 0.4) is 0 Å². The summed E-state index contributed by atoms with van der Waals surface area (Å²) in [6.45, 7) is 0. The van der Waals surface area contributed by atoms with Crippen molar-refractivity contribution in [1.29, 1.82) is 0 Å². The zero-order valence-corrected chi connectivity index (χ0v) is 12.3. The lowest BCUT2D eigenvalue weighted by molar-refractivity contribution is 0.0999. The number of aromatic nitrogens is 1. The van der Waals surface area contributed by atoms with Crippen LogP contribution >= 0.6 is 11.6 Å². The van der Waals surface area contributed by atoms with Crippen molar-refractivity contribution in [3.8, 4) is 11.4 Å². The highest BCUT2D eigenvalue weighted by Gasteiger charge is 2.16. The Morgan fingerprint density at radius 1 is 1.26 bits per heavy atom. The van der Waals surface area contributed by atoms with E-state index in [4.69, 9.17) is 17.3 Å². The number of para-hydroxylation sites is 1. The number of hydrogen-bond donors (Lipinski definition) is 2. The van der Waals surface area contributed by atoms with Gasteiger partial charge in [0.1, 0.15) is 17.1 Å². The second-order valence-electron chi connectivity index (χ2n) is 4.88. The molecule has 1 amide bonds. The first-order chi connectivity index (χ1) is 10.9. The van der Waals surface area contributed by atoms with Crippen LogP contribution in [0.1, 0.15) is 10.4 Å². The van der Waals surface area contributed by atoms with Crippen LogP contribution in [-0.4, -0.2) is 15.6 Å². The number of benzene rings is 2. The van der Waals surface area contributed by atoms with E-state index in [1.165, 1.54) is 10.6 Å². The summed E-state index contributed by atoms with van der Waals surface area (Å²) < 4.78 is 15.5. The van der Waals surface area contributed by atoms with Gasteiger partial charge in [-0.25, -0.2) is 4.39 Å². The Kier molecular flexibility index (Phi) is 3.54. The number of phenolic OH excluding ortho intramolecular Hbond substituents is 1. The molecule has 3 aromatic rings. The van der Waals surface area contributed by atoms with Gasteiger partial charge in [-0.2, -0.15) is 0 Å². The topological polar surface area (TPSA) is 85.3 Å². The number of halogens is 2. The number of rotatable bonds is 2. The third-order valence-corrected chi connectivity index (χ3v) is 3.76. The molecule has 7 heteroatoms. The molecule has 0 fully saturated rings. The zero-order chi connectivity index (χ0) is 16.7. The number of phenols is 1. The monoisotopic (exact) mass is 332 g/mol. The molecule has 0 aliphatic carbocycles. The Bertz CT molecular complexity index is 1010. The molecule has 0 aliphatic rings. The van der Waals surface area contributed by atoms with Gasteiger partial charge in [0.25, 0.3) is 5.91 Å². The minimum Gasteiger partial charge on any atom is -0.506 e. The summed E-state index contributed by atoms with van der Waals surface area (Å²) in [6.07, 6.45) is 1.15. The smallest absolute Gasteiger partial charge is 0.254 e. The van der Waals surface area contributed by atoms with Crippen molar-refractivity contribution in [1.82, 2.24) is 4.57 Å². The molecule has 0 saturated carbocycles. The molecular formula is C16H10ClFN2O3. The molecule has 116 valence electrons. The average molecular weight is 333 g/mol. The fraction of sp³-hybridized carbons (Fsp3) is 0. The predicted molar refractivity (Wildman–Crippen MR) is 84.7 cm³/mol. The van der Waals surface area contributed by atoms with Gasteiger partial charge in [0.2, 0.25) is 5.43 Å². The van der Waals surface area contributed by atoms with E-state index in [-0.39, 0.29) is 27.4 Å². The van der Waals surface area contributed by atoms with E-state index < -0.39 is 17.2 Å². The van der Waals surface area contributed by atoms with Crippen molar-refractivity contribution in [2.75, 3.05) is 0 Å². The van der Waals surface area contributed by atoms with Crippen LogP contribution < -0.4 is 11.2 Å². The summed E-state index contributed by atoms with van der Waals surface area (Å²) in [5, 5.41) is 9.79. The third-order valence-electron chi connectivity index (χ3n) is 3.45. The molecule has 0 aliphatic heterocycles. The molecule has 23 heavy (non-hydrogen) atoms. The van der Waals surface area contributed by atoms with Crippen LogP contribution in [-0.2, 0) is 0 Å². The minimum absolute atomic E-state index is 0.0643. The lowest BCUT2D eigenvalue weighted by atomic mass is 10.1. The number of carbonyl (C=O) groups is 1. The number of aromatic hydroxyl groups is 1. The maximum Gasteiger partial charge on any atom is 0.254 e. The van der Waals surface area contributed by atoms with Gasteiger partial charge in [-0.15, -0.1) is 0 Å². The molecule has 0 saturated heterocycles. The Labute approximate surface area is 134 Å². The van der Waals surface area contributed by atoms with Crippen LogP contribution in [0, 0.1) is 5.82 Å². The van der Waals surface area contributed by atoms with E-state index in [0.717, 1.165) is 18.3 Å². The number of primary amides is 1. The van der Waals surface area contributed by atoms with Gasteiger partial charge in [0.15, 0.2) is 0 Å². The van der Waals surface area contributed by atoms with Gasteiger partial charge in [-0.1, -0.05) is 23.7 Å². The highest BCUT2D eigenvalue weighted by atomic mass is 35.5. The number of amides is 1. The molecule has 5 nitrogen and oxygen atoms in total. The first-order valence-corrected chi connectivity index (χ1v) is 6.90. The van der Waals surface area contributed by atoms with E-state index in [1.807, 2.05) is 0 Å². The maximum absolute atomic E-state index is 14.3. The fourth-order valence-corrected chi connectivity index (χ4v) is 2.51. The first-order valence-electron chi connectivity index (χ1n) is 6.52. The fourth-order valence-electron chi connectivity index (χ4n) is 2.36. The first kappa shape index (κ1) is 15.1. The molecule has 0 atom stereocenters. The standard InChI is InChI=1S/C16H10ClFN2O3/c17-10-5-11(18)13(6-14(10)21)20-7-9(16(19)23)15(22)8-3-1-2-4-12(8)20/h1-7,21H,(H2,19,23). The second-order valence-corrected chi connectivity index (χ2v) is 5.29. The van der Waals surface area contributed by atoms with Crippen molar-refractivity contribution >= 4 is 28.4 Å². The van der Waals surface area contributed by atoms with E-state index in [9.17, 15) is 19.1 Å². The van der Waals surface area contributed by atoms with Crippen LogP contribution in [0.25, 0.3) is 16.6 Å². The van der Waals surface area contributed by atoms with E-state index in [0.29, 0.717) is 5.52 Å². The van der Waals surface area contributed by atoms with Gasteiger partial charge < -0.3 is 15.4 Å². The van der Waals surface area contributed by atoms with Crippen molar-refractivity contribution < 1.29 is 14.3 Å². The normalized spacial score (nSPS) is 10.9. The summed E-state index contributed by atoms with van der Waals surface area (Å²) in [5.74, 6) is -1.98. The SMILES string of the molecule is NC(=O)c1cn(-c2cc(O)c(Cl)cc2F)c2ccccc2c1=O. The van der Waals surface area contributed by atoms with Gasteiger partial charge in [0.05, 0.1) is 16.2 Å². The summed E-state index contributed by atoms with van der Waals surface area (Å²) in [5.41, 5.74) is 4.71. The predicted octanol–water partition coefficient (Wildman–Crippen LogP) is 2.59. The highest BCUT2D eigenvalue weighted by Crippen LogP contribution is 2.29. The molecule has 0 spiro atoms. The van der Waals surface area contributed by atoms with Crippen LogP contribution in [0.15, 0.2) is 47.4 Å². The van der Waals surface area contributed by atoms with Gasteiger partial charge >= 0.3 is 0 Å². The summed E-state index contributed by atoms with van der Waals surface area (Å²) >= 11 is 5.68. The van der Waals surface area contributed by atoms with Gasteiger partial charge in [-0.3, -0.25) is 9.59 Å². The zero-order valence-electron chi connectivity index (χ0n) is 11.6. The summed E-state index contributed by atoms with van der Waals surface area (Å²) in [6, 6.07) is 8.44. The van der Waals surface area contributed by atoms with Gasteiger partial charge in [0, 0.05) is 17.6 Å². The Balaban J connectivity index is 2.47. The number of hydrogen-bond acceptors (Lipinski definition) is 3. The van der Waals surface area contributed by atoms with Crippen LogP contribution in [0.4, 0.5) is 4.39 Å². The van der Waals surface area contributed by atoms with E-state index >= 15 is 0 Å². The maximum atomic E-state index is 14.3. The number of nitrogens with two attached hydrogens (primary N) is 1. The molecule has 0 unspecified atom stereocenters. The molecule has 3 rings (SSSR count). The molecule has 0 radical (unpaired) electrons. The van der Waals surface area contributed by atoms with E-state index in [2.05, 4.69) is 0 Å². The Morgan fingerprint density at radius 3 is 2.65 bits per heavy atom. The van der Waals surface area contributed by atoms with Gasteiger partial charge in [-0.05, 0) is 18.2 Å². The third kappa shape index (κ3) is 2.43. The van der Waals surface area contributed by atoms with Crippen molar-refractivity contribution in [3.05, 3.63) is 69.2 Å². The van der Waals surface area contributed by atoms with Crippen LogP contribution in [0.5, 0.6) is 5.75 Å². The van der Waals surface area contributed by atoms with Crippen molar-refractivity contribution in [2.45, 2.75) is 0 Å². The summed E-state index contributed by atoms with van der Waals surface area (Å²) in [4.78, 5) is 23.8. The molecular weight excluding hydrogens is 323 g/mol. The Hall–Kier alpha value is -2.86. The summed E-state index contributed by atoms with van der Waals surface area (Å²) in [7, 11) is 0. The average Bonchev–Trinajstić information content (AvgIpc) is 2.51. The lowest BCUT2D eigenvalue weighted by Crippen LogP contribution is -2.24. The quantitative estimate of drug-likeness (QED) is 0.756. The van der Waals surface area contributed by atoms with Crippen molar-refractivity contribution in [2.24, 2.45) is 5.73 Å². The van der Waals surface area contributed by atoms with Crippen molar-refractivity contribution in [3.63, 3.8) is 0 Å². The molecule has 1 heterocycles.